The van der Waals surface area contributed by atoms with Crippen LogP contribution in [0.4, 0.5) is 8.78 Å². The van der Waals surface area contributed by atoms with Crippen LogP contribution in [0.25, 0.3) is 0 Å². The van der Waals surface area contributed by atoms with Gasteiger partial charge >= 0.3 is 6.61 Å². The Bertz CT molecular complexity index is 795. The number of nitrogens with zero attached hydrogens (tertiary/aromatic N) is 2. The fourth-order valence-corrected chi connectivity index (χ4v) is 3.29. The number of piperazine rings is 1. The second-order valence-corrected chi connectivity index (χ2v) is 7.03. The highest BCUT2D eigenvalue weighted by Gasteiger charge is 2.22. The lowest BCUT2D eigenvalue weighted by Gasteiger charge is -2.34. The van der Waals surface area contributed by atoms with E-state index in [-0.39, 0.29) is 11.7 Å². The van der Waals surface area contributed by atoms with Crippen LogP contribution in [0, 0.1) is 0 Å². The van der Waals surface area contributed by atoms with Gasteiger partial charge in [-0.3, -0.25) is 9.69 Å². The Balaban J connectivity index is 1.53. The van der Waals surface area contributed by atoms with E-state index in [1.54, 1.807) is 11.0 Å². The standard InChI is InChI=1S/C19H18Cl2F2N2O2/c20-16-6-1-13(11-17(16)21)12-24-7-9-25(10-8-24)18(26)14-2-4-15(5-3-14)27-19(22)23/h1-6,11,19H,7-10,12H2. The summed E-state index contributed by atoms with van der Waals surface area (Å²) in [5, 5.41) is 1.06. The maximum Gasteiger partial charge on any atom is 0.387 e. The van der Waals surface area contributed by atoms with Crippen molar-refractivity contribution in [2.75, 3.05) is 26.2 Å². The van der Waals surface area contributed by atoms with Crippen molar-refractivity contribution in [1.82, 2.24) is 9.80 Å². The van der Waals surface area contributed by atoms with Gasteiger partial charge in [-0.15, -0.1) is 0 Å². The molecule has 144 valence electrons. The van der Waals surface area contributed by atoms with Gasteiger partial charge in [-0.05, 0) is 42.0 Å². The van der Waals surface area contributed by atoms with Crippen molar-refractivity contribution in [3.8, 4) is 5.75 Å². The number of hydrogen-bond acceptors (Lipinski definition) is 3. The van der Waals surface area contributed by atoms with Crippen LogP contribution in [0.3, 0.4) is 0 Å². The highest BCUT2D eigenvalue weighted by atomic mass is 35.5. The monoisotopic (exact) mass is 414 g/mol. The second kappa shape index (κ2) is 8.87. The molecule has 3 rings (SSSR count). The zero-order valence-corrected chi connectivity index (χ0v) is 15.9. The summed E-state index contributed by atoms with van der Waals surface area (Å²) in [6.45, 7) is 0.510. The highest BCUT2D eigenvalue weighted by molar-refractivity contribution is 6.42. The van der Waals surface area contributed by atoms with Crippen molar-refractivity contribution < 1.29 is 18.3 Å². The first kappa shape index (κ1) is 19.9. The first-order chi connectivity index (χ1) is 12.9. The third-order valence-electron chi connectivity index (χ3n) is 4.38. The third kappa shape index (κ3) is 5.31. The zero-order chi connectivity index (χ0) is 19.4. The molecule has 0 aliphatic carbocycles. The molecule has 0 unspecified atom stereocenters. The predicted molar refractivity (Wildman–Crippen MR) is 101 cm³/mol. The summed E-state index contributed by atoms with van der Waals surface area (Å²) in [7, 11) is 0. The fraction of sp³-hybridized carbons (Fsp3) is 0.316. The van der Waals surface area contributed by atoms with Crippen LogP contribution in [-0.4, -0.2) is 48.5 Å². The van der Waals surface area contributed by atoms with E-state index < -0.39 is 6.61 Å². The Morgan fingerprint density at radius 3 is 2.26 bits per heavy atom. The van der Waals surface area contributed by atoms with Crippen LogP contribution in [0.5, 0.6) is 5.75 Å². The lowest BCUT2D eigenvalue weighted by molar-refractivity contribution is -0.0498. The molecule has 1 fully saturated rings. The second-order valence-electron chi connectivity index (χ2n) is 6.22. The average molecular weight is 415 g/mol. The minimum absolute atomic E-state index is 0.0352. The van der Waals surface area contributed by atoms with E-state index >= 15 is 0 Å². The Kier molecular flexibility index (Phi) is 6.52. The van der Waals surface area contributed by atoms with Gasteiger partial charge in [-0.2, -0.15) is 8.78 Å². The molecule has 1 saturated heterocycles. The molecule has 0 atom stereocenters. The summed E-state index contributed by atoms with van der Waals surface area (Å²) in [5.74, 6) is -0.0826. The van der Waals surface area contributed by atoms with Crippen molar-refractivity contribution in [3.05, 3.63) is 63.6 Å². The van der Waals surface area contributed by atoms with Gasteiger partial charge < -0.3 is 9.64 Å². The van der Waals surface area contributed by atoms with Gasteiger partial charge in [-0.25, -0.2) is 0 Å². The molecule has 0 saturated carbocycles. The van der Waals surface area contributed by atoms with Crippen LogP contribution >= 0.6 is 23.2 Å². The largest absolute Gasteiger partial charge is 0.435 e. The third-order valence-corrected chi connectivity index (χ3v) is 5.12. The molecule has 1 heterocycles. The van der Waals surface area contributed by atoms with E-state index in [9.17, 15) is 13.6 Å². The summed E-state index contributed by atoms with van der Waals surface area (Å²) < 4.78 is 28.7. The Labute approximate surface area is 166 Å². The maximum atomic E-state index is 12.6. The molecule has 1 amide bonds. The van der Waals surface area contributed by atoms with Gasteiger partial charge in [0.05, 0.1) is 10.0 Å². The predicted octanol–water partition coefficient (Wildman–Crippen LogP) is 4.55. The summed E-state index contributed by atoms with van der Waals surface area (Å²) in [6.07, 6.45) is 0. The molecule has 4 nitrogen and oxygen atoms in total. The molecule has 2 aromatic carbocycles. The van der Waals surface area contributed by atoms with Crippen LogP contribution in [0.1, 0.15) is 15.9 Å². The van der Waals surface area contributed by atoms with Crippen molar-refractivity contribution in [1.29, 1.82) is 0 Å². The topological polar surface area (TPSA) is 32.8 Å². The van der Waals surface area contributed by atoms with E-state index in [0.717, 1.165) is 25.2 Å². The van der Waals surface area contributed by atoms with Gasteiger partial charge in [0, 0.05) is 38.3 Å². The first-order valence-corrected chi connectivity index (χ1v) is 9.18. The molecule has 0 radical (unpaired) electrons. The van der Waals surface area contributed by atoms with Gasteiger partial charge in [0.25, 0.3) is 5.91 Å². The molecular weight excluding hydrogens is 397 g/mol. The number of ether oxygens (including phenoxy) is 1. The number of hydrogen-bond donors (Lipinski definition) is 0. The van der Waals surface area contributed by atoms with Gasteiger partial charge in [-0.1, -0.05) is 29.3 Å². The summed E-state index contributed by atoms with van der Waals surface area (Å²) in [4.78, 5) is 16.6. The number of rotatable bonds is 5. The molecule has 2 aromatic rings. The van der Waals surface area contributed by atoms with Crippen LogP contribution in [0.2, 0.25) is 10.0 Å². The van der Waals surface area contributed by atoms with Crippen LogP contribution in [0.15, 0.2) is 42.5 Å². The average Bonchev–Trinajstić information content (AvgIpc) is 2.65. The maximum absolute atomic E-state index is 12.6. The summed E-state index contributed by atoms with van der Waals surface area (Å²) >= 11 is 12.0. The molecule has 0 bridgehead atoms. The van der Waals surface area contributed by atoms with Crippen LogP contribution in [-0.2, 0) is 6.54 Å². The number of halogens is 4. The fourth-order valence-electron chi connectivity index (χ4n) is 2.97. The van der Waals surface area contributed by atoms with E-state index in [2.05, 4.69) is 9.64 Å². The zero-order valence-electron chi connectivity index (χ0n) is 14.4. The van der Waals surface area contributed by atoms with Gasteiger partial charge in [0.1, 0.15) is 5.75 Å². The minimum atomic E-state index is -2.88. The number of alkyl halides is 2. The Hall–Kier alpha value is -1.89. The van der Waals surface area contributed by atoms with Gasteiger partial charge in [0.2, 0.25) is 0 Å². The molecule has 0 aromatic heterocycles. The SMILES string of the molecule is O=C(c1ccc(OC(F)F)cc1)N1CCN(Cc2ccc(Cl)c(Cl)c2)CC1. The Morgan fingerprint density at radius 2 is 1.67 bits per heavy atom. The molecule has 27 heavy (non-hydrogen) atoms. The van der Waals surface area contributed by atoms with Crippen molar-refractivity contribution in [2.24, 2.45) is 0 Å². The molecule has 0 spiro atoms. The summed E-state index contributed by atoms with van der Waals surface area (Å²) in [5.41, 5.74) is 1.52. The van der Waals surface area contributed by atoms with Crippen molar-refractivity contribution in [2.45, 2.75) is 13.2 Å². The van der Waals surface area contributed by atoms with Crippen LogP contribution < -0.4 is 4.74 Å². The van der Waals surface area contributed by atoms with E-state index in [1.807, 2.05) is 12.1 Å². The molecular formula is C19H18Cl2F2N2O2. The minimum Gasteiger partial charge on any atom is -0.435 e. The van der Waals surface area contributed by atoms with E-state index in [4.69, 9.17) is 23.2 Å². The van der Waals surface area contributed by atoms with Crippen molar-refractivity contribution in [3.63, 3.8) is 0 Å². The Morgan fingerprint density at radius 1 is 1.00 bits per heavy atom. The number of carbonyl (C=O) groups excluding carboxylic acids is 1. The lowest BCUT2D eigenvalue weighted by atomic mass is 10.1. The lowest BCUT2D eigenvalue weighted by Crippen LogP contribution is -2.48. The highest BCUT2D eigenvalue weighted by Crippen LogP contribution is 2.23. The number of benzene rings is 2. The first-order valence-electron chi connectivity index (χ1n) is 8.43. The normalized spacial score (nSPS) is 15.2. The van der Waals surface area contributed by atoms with E-state index in [0.29, 0.717) is 28.7 Å². The van der Waals surface area contributed by atoms with Gasteiger partial charge in [0.15, 0.2) is 0 Å². The number of amides is 1. The molecule has 1 aliphatic rings. The smallest absolute Gasteiger partial charge is 0.387 e. The molecule has 8 heteroatoms. The quantitative estimate of drug-likeness (QED) is 0.718. The number of carbonyl (C=O) groups is 1. The van der Waals surface area contributed by atoms with E-state index in [1.165, 1.54) is 24.3 Å². The molecule has 0 N–H and O–H groups in total. The van der Waals surface area contributed by atoms with Crippen molar-refractivity contribution >= 4 is 29.1 Å². The molecule has 1 aliphatic heterocycles. The summed E-state index contributed by atoms with van der Waals surface area (Å²) in [6, 6.07) is 11.3.